The van der Waals surface area contributed by atoms with E-state index in [0.29, 0.717) is 40.7 Å². The second-order valence-corrected chi connectivity index (χ2v) is 10.9. The molecule has 0 saturated heterocycles. The maximum atomic E-state index is 14.0. The fourth-order valence-electron chi connectivity index (χ4n) is 4.90. The molecule has 2 aromatic carbocycles. The second kappa shape index (κ2) is 11.3. The number of esters is 1. The van der Waals surface area contributed by atoms with Crippen molar-refractivity contribution >= 4 is 57.3 Å². The van der Waals surface area contributed by atoms with E-state index in [-0.39, 0.29) is 17.0 Å². The molecule has 0 bridgehead atoms. The van der Waals surface area contributed by atoms with Gasteiger partial charge in [-0.15, -0.1) is 11.3 Å². The van der Waals surface area contributed by atoms with Crippen molar-refractivity contribution in [2.75, 3.05) is 19.0 Å². The highest BCUT2D eigenvalue weighted by molar-refractivity contribution is 7.13. The number of aromatic amines is 1. The van der Waals surface area contributed by atoms with E-state index < -0.39 is 17.8 Å². The average Bonchev–Trinajstić information content (AvgIpc) is 3.70. The zero-order chi connectivity index (χ0) is 29.4. The van der Waals surface area contributed by atoms with Crippen molar-refractivity contribution in [3.8, 4) is 27.3 Å². The molecule has 6 rings (SSSR count). The third-order valence-corrected chi connectivity index (χ3v) is 8.39. The molecule has 42 heavy (non-hydrogen) atoms. The topological polar surface area (TPSA) is 122 Å². The second-order valence-electron chi connectivity index (χ2n) is 9.62. The van der Waals surface area contributed by atoms with Crippen molar-refractivity contribution in [1.82, 2.24) is 15.3 Å². The molecule has 0 aliphatic carbocycles. The Morgan fingerprint density at radius 3 is 2.74 bits per heavy atom. The number of nitrogens with zero attached hydrogens (tertiary/aromatic N) is 1. The van der Waals surface area contributed by atoms with E-state index in [2.05, 4.69) is 20.6 Å². The minimum atomic E-state index is -0.748. The van der Waals surface area contributed by atoms with Crippen molar-refractivity contribution in [1.29, 1.82) is 0 Å². The molecular formula is C31H25ClN4O5S. The van der Waals surface area contributed by atoms with Gasteiger partial charge in [0.05, 0.1) is 17.8 Å². The number of thiophene rings is 1. The van der Waals surface area contributed by atoms with Gasteiger partial charge in [0.2, 0.25) is 0 Å². The SMILES string of the molecule is CCCNC(=O)c1ccc(-c2cc3c(cc2C(=O)Nc2ccc4[nH]ccc4c2Cl)-c2sccc2CO3)c(C(=O)OC)n1. The van der Waals surface area contributed by atoms with Crippen LogP contribution in [0, 0.1) is 0 Å². The molecule has 0 saturated carbocycles. The number of anilines is 1. The molecule has 9 nitrogen and oxygen atoms in total. The lowest BCUT2D eigenvalue weighted by Crippen LogP contribution is -2.26. The molecular weight excluding hydrogens is 576 g/mol. The molecule has 212 valence electrons. The van der Waals surface area contributed by atoms with Crippen molar-refractivity contribution < 1.29 is 23.9 Å². The Kier molecular flexibility index (Phi) is 7.40. The van der Waals surface area contributed by atoms with Crippen LogP contribution in [0.2, 0.25) is 5.02 Å². The van der Waals surface area contributed by atoms with Gasteiger partial charge in [-0.25, -0.2) is 9.78 Å². The van der Waals surface area contributed by atoms with Gasteiger partial charge in [0, 0.05) is 56.3 Å². The number of rotatable bonds is 7. The molecule has 0 spiro atoms. The van der Waals surface area contributed by atoms with Gasteiger partial charge in [-0.1, -0.05) is 18.5 Å². The first-order valence-electron chi connectivity index (χ1n) is 13.2. The Morgan fingerprint density at radius 2 is 1.93 bits per heavy atom. The van der Waals surface area contributed by atoms with Gasteiger partial charge in [-0.05, 0) is 60.3 Å². The fourth-order valence-corrected chi connectivity index (χ4v) is 6.10. The number of carbonyl (C=O) groups excluding carboxylic acids is 3. The lowest BCUT2D eigenvalue weighted by atomic mass is 9.92. The Bertz CT molecular complexity index is 1880. The summed E-state index contributed by atoms with van der Waals surface area (Å²) in [5.41, 5.74) is 3.97. The summed E-state index contributed by atoms with van der Waals surface area (Å²) in [5.74, 6) is -1.06. The van der Waals surface area contributed by atoms with E-state index in [4.69, 9.17) is 21.1 Å². The van der Waals surface area contributed by atoms with Gasteiger partial charge in [-0.2, -0.15) is 0 Å². The molecule has 3 aromatic heterocycles. The first-order valence-corrected chi connectivity index (χ1v) is 14.5. The zero-order valence-electron chi connectivity index (χ0n) is 22.7. The molecule has 0 radical (unpaired) electrons. The third kappa shape index (κ3) is 4.88. The van der Waals surface area contributed by atoms with Crippen LogP contribution in [0.3, 0.4) is 0 Å². The van der Waals surface area contributed by atoms with Gasteiger partial charge in [0.15, 0.2) is 5.69 Å². The first-order chi connectivity index (χ1) is 20.4. The molecule has 2 amide bonds. The quantitative estimate of drug-likeness (QED) is 0.179. The largest absolute Gasteiger partial charge is 0.488 e. The Morgan fingerprint density at radius 1 is 1.07 bits per heavy atom. The van der Waals surface area contributed by atoms with Gasteiger partial charge >= 0.3 is 5.97 Å². The minimum Gasteiger partial charge on any atom is -0.488 e. The summed E-state index contributed by atoms with van der Waals surface area (Å²) in [6, 6.07) is 14.0. The highest BCUT2D eigenvalue weighted by Gasteiger charge is 2.28. The number of nitrogens with one attached hydrogen (secondary N) is 3. The molecule has 1 aliphatic heterocycles. The summed E-state index contributed by atoms with van der Waals surface area (Å²) in [5, 5.41) is 8.84. The highest BCUT2D eigenvalue weighted by Crippen LogP contribution is 2.45. The molecule has 0 fully saturated rings. The van der Waals surface area contributed by atoms with Crippen molar-refractivity contribution in [3.05, 3.63) is 87.6 Å². The van der Waals surface area contributed by atoms with Crippen LogP contribution in [0.4, 0.5) is 5.69 Å². The highest BCUT2D eigenvalue weighted by atomic mass is 35.5. The molecule has 3 N–H and O–H groups in total. The number of carbonyl (C=O) groups is 3. The van der Waals surface area contributed by atoms with E-state index >= 15 is 0 Å². The van der Waals surface area contributed by atoms with Crippen LogP contribution < -0.4 is 15.4 Å². The maximum absolute atomic E-state index is 14.0. The Hall–Kier alpha value is -4.67. The number of aromatic nitrogens is 2. The number of hydrogen-bond donors (Lipinski definition) is 3. The number of H-pyrrole nitrogens is 1. The van der Waals surface area contributed by atoms with Crippen LogP contribution in [-0.2, 0) is 11.3 Å². The number of ether oxygens (including phenoxy) is 2. The van der Waals surface area contributed by atoms with Crippen LogP contribution in [-0.4, -0.2) is 41.4 Å². The number of benzene rings is 2. The molecule has 4 heterocycles. The Balaban J connectivity index is 1.50. The summed E-state index contributed by atoms with van der Waals surface area (Å²) in [6.07, 6.45) is 2.52. The van der Waals surface area contributed by atoms with Gasteiger partial charge in [0.25, 0.3) is 11.8 Å². The van der Waals surface area contributed by atoms with E-state index in [1.807, 2.05) is 30.5 Å². The van der Waals surface area contributed by atoms with Gasteiger partial charge < -0.3 is 25.1 Å². The molecule has 0 atom stereocenters. The lowest BCUT2D eigenvalue weighted by Gasteiger charge is -2.22. The summed E-state index contributed by atoms with van der Waals surface area (Å²) in [4.78, 5) is 48.1. The molecule has 5 aromatic rings. The number of pyridine rings is 1. The van der Waals surface area contributed by atoms with Crippen LogP contribution in [0.15, 0.2) is 60.1 Å². The summed E-state index contributed by atoms with van der Waals surface area (Å²) < 4.78 is 11.1. The van der Waals surface area contributed by atoms with Gasteiger partial charge in [-0.3, -0.25) is 9.59 Å². The number of amides is 2. The standard InChI is InChI=1S/C31H25ClN4O5S/c1-3-10-34-30(38)24-5-4-17(27(35-24)31(39)40-2)19-14-25-21(28-16(15-41-25)9-12-42-28)13-20(19)29(37)36-23-7-6-22-18(26(23)32)8-11-33-22/h4-9,11-14,33H,3,10,15H2,1-2H3,(H,34,38)(H,36,37). The molecule has 0 unspecified atom stereocenters. The number of halogens is 1. The van der Waals surface area contributed by atoms with Crippen molar-refractivity contribution in [2.45, 2.75) is 20.0 Å². The zero-order valence-corrected chi connectivity index (χ0v) is 24.2. The number of fused-ring (bicyclic) bond motifs is 4. The normalized spacial score (nSPS) is 11.8. The number of methoxy groups -OCH3 is 1. The van der Waals surface area contributed by atoms with Crippen LogP contribution in [0.25, 0.3) is 32.5 Å². The van der Waals surface area contributed by atoms with E-state index in [1.165, 1.54) is 13.2 Å². The van der Waals surface area contributed by atoms with Crippen molar-refractivity contribution in [2.24, 2.45) is 0 Å². The predicted octanol–water partition coefficient (Wildman–Crippen LogP) is 6.68. The van der Waals surface area contributed by atoms with Crippen LogP contribution in [0.1, 0.15) is 50.2 Å². The minimum absolute atomic E-state index is 0.0580. The summed E-state index contributed by atoms with van der Waals surface area (Å²) in [7, 11) is 1.23. The molecule has 11 heteroatoms. The fraction of sp³-hybridized carbons (Fsp3) is 0.161. The van der Waals surface area contributed by atoms with Crippen molar-refractivity contribution in [3.63, 3.8) is 0 Å². The smallest absolute Gasteiger partial charge is 0.357 e. The van der Waals surface area contributed by atoms with E-state index in [1.54, 1.807) is 41.8 Å². The lowest BCUT2D eigenvalue weighted by molar-refractivity contribution is 0.0594. The van der Waals surface area contributed by atoms with Crippen LogP contribution in [0.5, 0.6) is 5.75 Å². The van der Waals surface area contributed by atoms with Gasteiger partial charge in [0.1, 0.15) is 18.1 Å². The maximum Gasteiger partial charge on any atom is 0.357 e. The monoisotopic (exact) mass is 600 g/mol. The van der Waals surface area contributed by atoms with E-state index in [0.717, 1.165) is 33.3 Å². The average molecular weight is 601 g/mol. The van der Waals surface area contributed by atoms with E-state index in [9.17, 15) is 14.4 Å². The third-order valence-electron chi connectivity index (χ3n) is 6.99. The summed E-state index contributed by atoms with van der Waals surface area (Å²) in [6.45, 7) is 2.77. The Labute approximate surface area is 249 Å². The predicted molar refractivity (Wildman–Crippen MR) is 163 cm³/mol. The summed E-state index contributed by atoms with van der Waals surface area (Å²) >= 11 is 8.20. The van der Waals surface area contributed by atoms with Crippen LogP contribution >= 0.6 is 22.9 Å². The number of hydrogen-bond acceptors (Lipinski definition) is 7. The first kappa shape index (κ1) is 27.5. The molecule has 1 aliphatic rings.